The number of furan rings is 2. The SMILES string of the molecule is CC1Cc2oc3ccc(C4=CC=C(C#N)CC4N4c5ccccc5C5C=CC=CC54)cc3c2-c2oc3c(c21)CC(C1=CC=CCC1)C=C3. The summed E-state index contributed by atoms with van der Waals surface area (Å²) in [6.45, 7) is 2.32. The van der Waals surface area contributed by atoms with Gasteiger partial charge in [-0.15, -0.1) is 0 Å². The monoisotopic (exact) mass is 624 g/mol. The van der Waals surface area contributed by atoms with Crippen molar-refractivity contribution >= 4 is 28.3 Å². The first kappa shape index (κ1) is 27.8. The third-order valence-electron chi connectivity index (χ3n) is 11.5. The Labute approximate surface area is 281 Å². The lowest BCUT2D eigenvalue weighted by Gasteiger charge is -2.39. The van der Waals surface area contributed by atoms with E-state index < -0.39 is 0 Å². The molecule has 3 heterocycles. The molecule has 0 fully saturated rings. The van der Waals surface area contributed by atoms with Crippen LogP contribution in [0.2, 0.25) is 0 Å². The van der Waals surface area contributed by atoms with Crippen LogP contribution in [0, 0.1) is 17.2 Å². The molecule has 0 amide bonds. The Balaban J connectivity index is 1.08. The maximum Gasteiger partial charge on any atom is 0.142 e. The number of benzene rings is 2. The Hall–Kier alpha value is -5.27. The van der Waals surface area contributed by atoms with Crippen molar-refractivity contribution < 1.29 is 8.83 Å². The Morgan fingerprint density at radius 2 is 1.83 bits per heavy atom. The first-order chi connectivity index (χ1) is 23.7. The molecule has 0 saturated carbocycles. The summed E-state index contributed by atoms with van der Waals surface area (Å²) in [5.41, 5.74) is 12.1. The highest BCUT2D eigenvalue weighted by Gasteiger charge is 2.42. The molecule has 5 aliphatic carbocycles. The molecule has 0 N–H and O–H groups in total. The van der Waals surface area contributed by atoms with Gasteiger partial charge in [0.2, 0.25) is 0 Å². The largest absolute Gasteiger partial charge is 0.460 e. The lowest BCUT2D eigenvalue weighted by Crippen LogP contribution is -2.43. The van der Waals surface area contributed by atoms with Crippen molar-refractivity contribution in [1.82, 2.24) is 0 Å². The van der Waals surface area contributed by atoms with Crippen LogP contribution in [0.15, 0.2) is 123 Å². The van der Waals surface area contributed by atoms with E-state index in [2.05, 4.69) is 121 Å². The Bertz CT molecular complexity index is 2290. The summed E-state index contributed by atoms with van der Waals surface area (Å²) in [5, 5.41) is 11.1. The molecule has 2 aromatic carbocycles. The lowest BCUT2D eigenvalue weighted by atomic mass is 9.78. The van der Waals surface area contributed by atoms with E-state index in [1.54, 1.807) is 0 Å². The van der Waals surface area contributed by atoms with Crippen molar-refractivity contribution in [2.75, 3.05) is 4.90 Å². The van der Waals surface area contributed by atoms with Crippen molar-refractivity contribution in [3.63, 3.8) is 0 Å². The van der Waals surface area contributed by atoms with Gasteiger partial charge in [0.15, 0.2) is 0 Å². The Morgan fingerprint density at radius 1 is 0.917 bits per heavy atom. The number of allylic oxidation sites excluding steroid dienone is 9. The molecule has 234 valence electrons. The van der Waals surface area contributed by atoms with Crippen LogP contribution in [0.3, 0.4) is 0 Å². The zero-order chi connectivity index (χ0) is 31.9. The molecule has 1 aliphatic heterocycles. The molecule has 0 saturated heterocycles. The zero-order valence-corrected chi connectivity index (χ0v) is 27.0. The highest BCUT2D eigenvalue weighted by atomic mass is 16.4. The summed E-state index contributed by atoms with van der Waals surface area (Å²) in [6, 6.07) is 18.1. The van der Waals surface area contributed by atoms with Gasteiger partial charge in [-0.2, -0.15) is 5.26 Å². The normalized spacial score (nSPS) is 26.2. The van der Waals surface area contributed by atoms with Crippen LogP contribution in [-0.2, 0) is 12.8 Å². The number of hydrogen-bond donors (Lipinski definition) is 0. The third-order valence-corrected chi connectivity index (χ3v) is 11.5. The minimum absolute atomic E-state index is 0.0228. The average Bonchev–Trinajstić information content (AvgIpc) is 3.80. The topological polar surface area (TPSA) is 53.3 Å². The fourth-order valence-corrected chi connectivity index (χ4v) is 9.32. The van der Waals surface area contributed by atoms with Crippen LogP contribution in [0.25, 0.3) is 33.9 Å². The van der Waals surface area contributed by atoms with Crippen LogP contribution in [0.5, 0.6) is 0 Å². The highest BCUT2D eigenvalue weighted by molar-refractivity contribution is 5.99. The van der Waals surface area contributed by atoms with Gasteiger partial charge in [-0.1, -0.05) is 91.4 Å². The number of rotatable bonds is 3. The van der Waals surface area contributed by atoms with Crippen molar-refractivity contribution in [2.45, 2.75) is 62.9 Å². The van der Waals surface area contributed by atoms with Gasteiger partial charge in [0.05, 0.1) is 23.7 Å². The number of anilines is 1. The number of nitrogens with zero attached hydrogens (tertiary/aromatic N) is 2. The minimum atomic E-state index is 0.0228. The van der Waals surface area contributed by atoms with Crippen LogP contribution >= 0.6 is 0 Å². The predicted octanol–water partition coefficient (Wildman–Crippen LogP) is 10.5. The van der Waals surface area contributed by atoms with E-state index in [4.69, 9.17) is 8.83 Å². The van der Waals surface area contributed by atoms with Gasteiger partial charge < -0.3 is 13.7 Å². The molecule has 6 aliphatic rings. The van der Waals surface area contributed by atoms with Crippen LogP contribution in [0.4, 0.5) is 5.69 Å². The average molecular weight is 625 g/mol. The molecular weight excluding hydrogens is 588 g/mol. The number of nitriles is 1. The van der Waals surface area contributed by atoms with E-state index in [1.807, 2.05) is 6.08 Å². The Morgan fingerprint density at radius 3 is 2.73 bits per heavy atom. The van der Waals surface area contributed by atoms with Crippen LogP contribution in [0.1, 0.15) is 71.8 Å². The molecule has 2 aromatic heterocycles. The molecular formula is C44H36N2O2. The summed E-state index contributed by atoms with van der Waals surface area (Å²) in [7, 11) is 0. The third kappa shape index (κ3) is 4.07. The molecule has 10 rings (SSSR count). The first-order valence-corrected chi connectivity index (χ1v) is 17.4. The molecule has 0 bridgehead atoms. The van der Waals surface area contributed by atoms with E-state index in [0.29, 0.717) is 24.2 Å². The standard InChI is InChI=1S/C44H36N2O2/c1-26-21-41-43(44-42(26)34-23-29(16-19-40(34)48-44)28-9-3-2-4-10-28)35-24-30(17-20-39(35)47-41)31-18-15-27(25-45)22-38(31)46-36-13-7-5-11-32(36)33-12-6-8-14-37(33)46/h2-3,5-9,11-20,24,26,29,32,36,38H,4,10,21-23H2,1H3. The van der Waals surface area contributed by atoms with Gasteiger partial charge in [0.25, 0.3) is 0 Å². The summed E-state index contributed by atoms with van der Waals surface area (Å²) < 4.78 is 13.4. The van der Waals surface area contributed by atoms with Crippen LogP contribution in [-0.4, -0.2) is 12.1 Å². The number of fused-ring (bicyclic) bond motifs is 10. The second-order valence-corrected chi connectivity index (χ2v) is 14.2. The molecule has 4 heteroatoms. The second kappa shape index (κ2) is 10.6. The van der Waals surface area contributed by atoms with E-state index in [1.165, 1.54) is 33.5 Å². The van der Waals surface area contributed by atoms with Crippen molar-refractivity contribution in [1.29, 1.82) is 5.26 Å². The molecule has 48 heavy (non-hydrogen) atoms. The molecule has 4 nitrogen and oxygen atoms in total. The highest BCUT2D eigenvalue weighted by Crippen LogP contribution is 2.52. The fraction of sp³-hybridized carbons (Fsp3) is 0.250. The van der Waals surface area contributed by atoms with Gasteiger partial charge in [-0.25, -0.2) is 0 Å². The minimum Gasteiger partial charge on any atom is -0.460 e. The second-order valence-electron chi connectivity index (χ2n) is 14.2. The van der Waals surface area contributed by atoms with Crippen molar-refractivity contribution in [3.05, 3.63) is 148 Å². The van der Waals surface area contributed by atoms with E-state index in [-0.39, 0.29) is 12.1 Å². The first-order valence-electron chi connectivity index (χ1n) is 17.4. The van der Waals surface area contributed by atoms with E-state index in [9.17, 15) is 5.26 Å². The smallest absolute Gasteiger partial charge is 0.142 e. The summed E-state index contributed by atoms with van der Waals surface area (Å²) >= 11 is 0. The maximum absolute atomic E-state index is 10.0. The quantitative estimate of drug-likeness (QED) is 0.228. The fourth-order valence-electron chi connectivity index (χ4n) is 9.32. The Kier molecular flexibility index (Phi) is 6.15. The van der Waals surface area contributed by atoms with Gasteiger partial charge in [-0.05, 0) is 72.2 Å². The van der Waals surface area contributed by atoms with Gasteiger partial charge in [0.1, 0.15) is 22.9 Å². The lowest BCUT2D eigenvalue weighted by molar-refractivity contribution is 0.507. The molecule has 5 unspecified atom stereocenters. The van der Waals surface area contributed by atoms with E-state index >= 15 is 0 Å². The predicted molar refractivity (Wildman–Crippen MR) is 193 cm³/mol. The molecule has 4 aromatic rings. The molecule has 5 atom stereocenters. The van der Waals surface area contributed by atoms with Crippen molar-refractivity contribution in [3.8, 4) is 17.4 Å². The van der Waals surface area contributed by atoms with Gasteiger partial charge >= 0.3 is 0 Å². The summed E-state index contributed by atoms with van der Waals surface area (Å²) in [5.74, 6) is 4.07. The van der Waals surface area contributed by atoms with Crippen LogP contribution < -0.4 is 4.90 Å². The molecule has 0 radical (unpaired) electrons. The molecule has 0 spiro atoms. The van der Waals surface area contributed by atoms with E-state index in [0.717, 1.165) is 70.6 Å². The maximum atomic E-state index is 10.0. The van der Waals surface area contributed by atoms with Gasteiger partial charge in [-0.3, -0.25) is 0 Å². The number of hydrogen-bond acceptors (Lipinski definition) is 4. The number of para-hydroxylation sites is 1. The summed E-state index contributed by atoms with van der Waals surface area (Å²) in [4.78, 5) is 2.56. The van der Waals surface area contributed by atoms with Crippen molar-refractivity contribution in [2.24, 2.45) is 5.92 Å². The van der Waals surface area contributed by atoms with Gasteiger partial charge in [0, 0.05) is 52.5 Å². The summed E-state index contributed by atoms with van der Waals surface area (Å²) in [6.07, 6.45) is 29.3. The zero-order valence-electron chi connectivity index (χ0n) is 27.0.